The number of rotatable bonds is 6. The van der Waals surface area contributed by atoms with Crippen LogP contribution in [0.1, 0.15) is 12.8 Å². The fourth-order valence-corrected chi connectivity index (χ4v) is 2.63. The normalized spacial score (nSPS) is 14.9. The Hall–Kier alpha value is -2.47. The van der Waals surface area contributed by atoms with Gasteiger partial charge in [-0.3, -0.25) is 0 Å². The van der Waals surface area contributed by atoms with E-state index in [2.05, 4.69) is 10.3 Å². The Balaban J connectivity index is 1.70. The number of amides is 1. The molecule has 1 aliphatic rings. The second kappa shape index (κ2) is 6.57. The molecule has 6 nitrogen and oxygen atoms in total. The first kappa shape index (κ1) is 16.4. The second-order valence-corrected chi connectivity index (χ2v) is 6.44. The lowest BCUT2D eigenvalue weighted by Crippen LogP contribution is -2.31. The maximum atomic E-state index is 10.6. The van der Waals surface area contributed by atoms with Crippen molar-refractivity contribution in [2.75, 3.05) is 18.9 Å². The van der Waals surface area contributed by atoms with Crippen molar-refractivity contribution < 1.29 is 14.6 Å². The Morgan fingerprint density at radius 1 is 1.38 bits per heavy atom. The van der Waals surface area contributed by atoms with Gasteiger partial charge in [0.2, 0.25) is 0 Å². The van der Waals surface area contributed by atoms with Gasteiger partial charge in [-0.1, -0.05) is 23.7 Å². The molecule has 1 amide bonds. The Morgan fingerprint density at radius 3 is 2.71 bits per heavy atom. The molecule has 0 spiro atoms. The predicted molar refractivity (Wildman–Crippen MR) is 92.3 cm³/mol. The van der Waals surface area contributed by atoms with Gasteiger partial charge in [0.05, 0.1) is 12.8 Å². The summed E-state index contributed by atoms with van der Waals surface area (Å²) >= 11 is 6.18. The highest BCUT2D eigenvalue weighted by Gasteiger charge is 2.43. The van der Waals surface area contributed by atoms with Gasteiger partial charge in [0, 0.05) is 23.2 Å². The predicted octanol–water partition coefficient (Wildman–Crippen LogP) is 3.41. The zero-order chi connectivity index (χ0) is 17.2. The highest BCUT2D eigenvalue weighted by atomic mass is 35.5. The Morgan fingerprint density at radius 2 is 2.08 bits per heavy atom. The molecule has 2 aromatic rings. The Bertz CT molecular complexity index is 745. The summed E-state index contributed by atoms with van der Waals surface area (Å²) < 4.78 is 5.83. The van der Waals surface area contributed by atoms with E-state index in [4.69, 9.17) is 27.2 Å². The van der Waals surface area contributed by atoms with Crippen LogP contribution in [0.5, 0.6) is 5.75 Å². The van der Waals surface area contributed by atoms with Gasteiger partial charge in [0.25, 0.3) is 0 Å². The third-order valence-electron chi connectivity index (χ3n) is 4.15. The standard InChI is InChI=1S/C17H18ClN3O3/c18-15-14(11-1-3-12(19)4-2-11)7-13(8-20-15)24-10-17(5-6-17)9-21-16(22)23/h1-4,7-8,21H,5-6,9-10,19H2,(H,22,23). The minimum atomic E-state index is -1.01. The number of hydrogen-bond acceptors (Lipinski definition) is 4. The van der Waals surface area contributed by atoms with E-state index >= 15 is 0 Å². The van der Waals surface area contributed by atoms with E-state index < -0.39 is 6.09 Å². The van der Waals surface area contributed by atoms with Gasteiger partial charge in [0.15, 0.2) is 0 Å². The van der Waals surface area contributed by atoms with Crippen molar-refractivity contribution in [3.05, 3.63) is 41.7 Å². The topological polar surface area (TPSA) is 97.5 Å². The van der Waals surface area contributed by atoms with E-state index in [-0.39, 0.29) is 5.41 Å². The number of benzene rings is 1. The van der Waals surface area contributed by atoms with Crippen LogP contribution in [-0.4, -0.2) is 29.3 Å². The van der Waals surface area contributed by atoms with Crippen molar-refractivity contribution in [3.63, 3.8) is 0 Å². The largest absolute Gasteiger partial charge is 0.491 e. The molecule has 1 aromatic carbocycles. The maximum absolute atomic E-state index is 10.6. The molecule has 0 radical (unpaired) electrons. The third kappa shape index (κ3) is 3.89. The van der Waals surface area contributed by atoms with Crippen LogP contribution in [0.4, 0.5) is 10.5 Å². The molecule has 0 unspecified atom stereocenters. The average Bonchev–Trinajstić information content (AvgIpc) is 3.34. The van der Waals surface area contributed by atoms with Crippen LogP contribution in [0.25, 0.3) is 11.1 Å². The lowest BCUT2D eigenvalue weighted by Gasteiger charge is -2.16. The lowest BCUT2D eigenvalue weighted by molar-refractivity contribution is 0.184. The van der Waals surface area contributed by atoms with Crippen LogP contribution in [0, 0.1) is 5.41 Å². The zero-order valence-corrected chi connectivity index (χ0v) is 13.7. The lowest BCUT2D eigenvalue weighted by atomic mass is 10.1. The van der Waals surface area contributed by atoms with E-state index in [1.807, 2.05) is 18.2 Å². The van der Waals surface area contributed by atoms with Crippen molar-refractivity contribution in [1.82, 2.24) is 10.3 Å². The van der Waals surface area contributed by atoms with E-state index in [0.29, 0.717) is 29.7 Å². The summed E-state index contributed by atoms with van der Waals surface area (Å²) in [5.41, 5.74) is 7.94. The molecule has 1 heterocycles. The van der Waals surface area contributed by atoms with Crippen LogP contribution in [0.15, 0.2) is 36.5 Å². The van der Waals surface area contributed by atoms with Gasteiger partial charge in [-0.15, -0.1) is 0 Å². The number of nitrogen functional groups attached to an aromatic ring is 1. The number of nitrogens with one attached hydrogen (secondary N) is 1. The summed E-state index contributed by atoms with van der Waals surface area (Å²) in [6, 6.07) is 9.19. The van der Waals surface area contributed by atoms with Crippen LogP contribution in [0.2, 0.25) is 5.15 Å². The van der Waals surface area contributed by atoms with E-state index in [0.717, 1.165) is 24.0 Å². The van der Waals surface area contributed by atoms with Gasteiger partial charge in [0.1, 0.15) is 10.9 Å². The van der Waals surface area contributed by atoms with Crippen LogP contribution in [0.3, 0.4) is 0 Å². The fourth-order valence-electron chi connectivity index (χ4n) is 2.42. The second-order valence-electron chi connectivity index (χ2n) is 6.08. The van der Waals surface area contributed by atoms with Crippen molar-refractivity contribution in [2.45, 2.75) is 12.8 Å². The first-order valence-corrected chi connectivity index (χ1v) is 7.96. The number of ether oxygens (including phenoxy) is 1. The van der Waals surface area contributed by atoms with Crippen LogP contribution >= 0.6 is 11.6 Å². The molecule has 0 bridgehead atoms. The Labute approximate surface area is 144 Å². The molecule has 4 N–H and O–H groups in total. The van der Waals surface area contributed by atoms with E-state index in [1.54, 1.807) is 18.3 Å². The first-order valence-electron chi connectivity index (χ1n) is 7.59. The van der Waals surface area contributed by atoms with Crippen molar-refractivity contribution >= 4 is 23.4 Å². The SMILES string of the molecule is Nc1ccc(-c2cc(OCC3(CNC(=O)O)CC3)cnc2Cl)cc1. The van der Waals surface area contributed by atoms with Crippen LogP contribution < -0.4 is 15.8 Å². The van der Waals surface area contributed by atoms with Crippen molar-refractivity contribution in [2.24, 2.45) is 5.41 Å². The molecular weight excluding hydrogens is 330 g/mol. The molecule has 1 aliphatic carbocycles. The summed E-state index contributed by atoms with van der Waals surface area (Å²) in [6.07, 6.45) is 2.45. The smallest absolute Gasteiger partial charge is 0.404 e. The molecule has 7 heteroatoms. The molecule has 0 aliphatic heterocycles. The summed E-state index contributed by atoms with van der Waals surface area (Å²) in [6.45, 7) is 0.839. The number of hydrogen-bond donors (Lipinski definition) is 3. The minimum Gasteiger partial charge on any atom is -0.491 e. The zero-order valence-electron chi connectivity index (χ0n) is 13.0. The molecule has 0 atom stereocenters. The number of pyridine rings is 1. The summed E-state index contributed by atoms with van der Waals surface area (Å²) in [7, 11) is 0. The van der Waals surface area contributed by atoms with E-state index in [1.165, 1.54) is 0 Å². The Kier molecular flexibility index (Phi) is 4.49. The number of halogens is 1. The monoisotopic (exact) mass is 347 g/mol. The summed E-state index contributed by atoms with van der Waals surface area (Å²) in [5, 5.41) is 11.5. The fraction of sp³-hybridized carbons (Fsp3) is 0.294. The number of nitrogens with two attached hydrogens (primary N) is 1. The maximum Gasteiger partial charge on any atom is 0.404 e. The molecule has 24 heavy (non-hydrogen) atoms. The number of carboxylic acid groups (broad SMARTS) is 1. The number of aromatic nitrogens is 1. The van der Waals surface area contributed by atoms with Gasteiger partial charge < -0.3 is 20.9 Å². The van der Waals surface area contributed by atoms with Gasteiger partial charge in [-0.05, 0) is 36.6 Å². The van der Waals surface area contributed by atoms with Gasteiger partial charge in [-0.2, -0.15) is 0 Å². The summed E-state index contributed by atoms with van der Waals surface area (Å²) in [5.74, 6) is 0.604. The van der Waals surface area contributed by atoms with E-state index in [9.17, 15) is 4.79 Å². The van der Waals surface area contributed by atoms with Crippen molar-refractivity contribution in [1.29, 1.82) is 0 Å². The molecule has 3 rings (SSSR count). The van der Waals surface area contributed by atoms with Gasteiger partial charge >= 0.3 is 6.09 Å². The number of anilines is 1. The highest BCUT2D eigenvalue weighted by molar-refractivity contribution is 6.32. The van der Waals surface area contributed by atoms with Gasteiger partial charge in [-0.25, -0.2) is 9.78 Å². The quantitative estimate of drug-likeness (QED) is 0.549. The highest BCUT2D eigenvalue weighted by Crippen LogP contribution is 2.45. The molecule has 1 saturated carbocycles. The third-order valence-corrected chi connectivity index (χ3v) is 4.45. The summed E-state index contributed by atoms with van der Waals surface area (Å²) in [4.78, 5) is 14.8. The molecular formula is C17H18ClN3O3. The molecule has 126 valence electrons. The van der Waals surface area contributed by atoms with Crippen LogP contribution in [-0.2, 0) is 0 Å². The molecule has 1 fully saturated rings. The molecule has 0 saturated heterocycles. The minimum absolute atomic E-state index is 0.112. The van der Waals surface area contributed by atoms with Crippen molar-refractivity contribution in [3.8, 4) is 16.9 Å². The molecule has 1 aromatic heterocycles. The average molecular weight is 348 g/mol. The number of carbonyl (C=O) groups is 1. The first-order chi connectivity index (χ1) is 11.5. The number of nitrogens with zero attached hydrogens (tertiary/aromatic N) is 1.